The number of nitrogens with zero attached hydrogens (tertiary/aromatic N) is 1. The second-order valence-corrected chi connectivity index (χ2v) is 1.10. The average Bonchev–Trinajstić information content (AvgIpc) is 1.72. The van der Waals surface area contributed by atoms with Crippen molar-refractivity contribution in [1.82, 2.24) is 4.63 Å². The predicted molar refractivity (Wildman–Crippen MR) is 29.9 cm³/mol. The quantitative estimate of drug-likeness (QED) is 0.317. The molecular weight excluding hydrogens is 94.4 g/mol. The van der Waals surface area contributed by atoms with Gasteiger partial charge in [0.2, 0.25) is 0 Å². The van der Waals surface area contributed by atoms with E-state index in [9.17, 15) is 0 Å². The summed E-state index contributed by atoms with van der Waals surface area (Å²) in [5.41, 5.74) is 0. The van der Waals surface area contributed by atoms with Crippen molar-refractivity contribution in [2.24, 2.45) is 0 Å². The van der Waals surface area contributed by atoms with Gasteiger partial charge in [0.05, 0.1) is 0 Å². The summed E-state index contributed by atoms with van der Waals surface area (Å²) in [5, 5.41) is 24.4. The van der Waals surface area contributed by atoms with Crippen molar-refractivity contribution in [2.75, 3.05) is 0 Å². The molecule has 0 bridgehead atoms. The third kappa shape index (κ3) is 2.70. The monoisotopic (exact) mass is 101 g/mol. The van der Waals surface area contributed by atoms with E-state index in [1.807, 2.05) is 0 Å². The fourth-order valence-corrected chi connectivity index (χ4v) is 0.134. The van der Waals surface area contributed by atoms with E-state index < -0.39 is 0 Å². The van der Waals surface area contributed by atoms with E-state index in [0.717, 1.165) is 4.63 Å². The van der Waals surface area contributed by atoms with Gasteiger partial charge in [0, 0.05) is 0 Å². The molecule has 0 saturated carbocycles. The first kappa shape index (κ1) is 7.03. The lowest BCUT2D eigenvalue weighted by Gasteiger charge is -2.05. The van der Waals surface area contributed by atoms with Crippen LogP contribution in [0.3, 0.4) is 0 Å². The molecule has 0 saturated heterocycles. The zero-order valence-electron chi connectivity index (χ0n) is 3.91. The molecule has 0 aliphatic rings. The average molecular weight is 100 g/mol. The summed E-state index contributed by atoms with van der Waals surface area (Å²) in [5.74, 6) is 0. The van der Waals surface area contributed by atoms with Crippen molar-refractivity contribution < 1.29 is 15.1 Å². The molecule has 0 rings (SSSR count). The van der Waals surface area contributed by atoms with Crippen molar-refractivity contribution in [3.05, 3.63) is 0 Å². The standard InChI is InChI=1S/B3H6NO3/c5-1-4(2-6)3-7/h1-3,5-7H. The summed E-state index contributed by atoms with van der Waals surface area (Å²) in [4.78, 5) is 0. The Morgan fingerprint density at radius 1 is 0.857 bits per heavy atom. The van der Waals surface area contributed by atoms with Crippen LogP contribution in [0.5, 0.6) is 0 Å². The minimum absolute atomic E-state index is 0.312. The van der Waals surface area contributed by atoms with Crippen LogP contribution in [0.1, 0.15) is 0 Å². The van der Waals surface area contributed by atoms with Crippen molar-refractivity contribution in [3.63, 3.8) is 0 Å². The molecule has 0 unspecified atom stereocenters. The summed E-state index contributed by atoms with van der Waals surface area (Å²) in [6.07, 6.45) is 0. The molecule has 0 atom stereocenters. The molecule has 0 radical (unpaired) electrons. The van der Waals surface area contributed by atoms with Gasteiger partial charge in [-0.1, -0.05) is 0 Å². The van der Waals surface area contributed by atoms with E-state index in [1.54, 1.807) is 0 Å². The maximum atomic E-state index is 8.13. The zero-order valence-corrected chi connectivity index (χ0v) is 3.91. The Morgan fingerprint density at radius 3 is 1.14 bits per heavy atom. The fraction of sp³-hybridized carbons (Fsp3) is 0. The molecule has 4 nitrogen and oxygen atoms in total. The van der Waals surface area contributed by atoms with Gasteiger partial charge in [-0.25, -0.2) is 0 Å². The van der Waals surface area contributed by atoms with Crippen molar-refractivity contribution in [1.29, 1.82) is 0 Å². The first-order chi connectivity index (χ1) is 3.35. The number of rotatable bonds is 3. The summed E-state index contributed by atoms with van der Waals surface area (Å²) in [6, 6.07) is 0. The van der Waals surface area contributed by atoms with Gasteiger partial charge in [-0.05, 0) is 0 Å². The molecule has 7 heteroatoms. The second kappa shape index (κ2) is 4.20. The molecule has 0 aromatic heterocycles. The SMILES string of the molecule is OBN(BO)BO. The lowest BCUT2D eigenvalue weighted by molar-refractivity contribution is 0.496. The van der Waals surface area contributed by atoms with Crippen LogP contribution in [-0.2, 0) is 0 Å². The van der Waals surface area contributed by atoms with Gasteiger partial charge in [-0.3, -0.25) is 0 Å². The van der Waals surface area contributed by atoms with Gasteiger partial charge in [0.25, 0.3) is 0 Å². The molecular formula is H6B3NO3. The Morgan fingerprint density at radius 2 is 1.14 bits per heavy atom. The predicted octanol–water partition coefficient (Wildman–Crippen LogP) is -3.94. The highest BCUT2D eigenvalue weighted by atomic mass is 16.2. The molecule has 0 fully saturated rings. The molecule has 7 heavy (non-hydrogen) atoms. The second-order valence-electron chi connectivity index (χ2n) is 1.10. The number of hydrogen-bond donors (Lipinski definition) is 3. The Hall–Kier alpha value is 0.0348. The van der Waals surface area contributed by atoms with Crippen molar-refractivity contribution in [2.45, 2.75) is 0 Å². The van der Waals surface area contributed by atoms with Crippen molar-refractivity contribution in [3.8, 4) is 0 Å². The summed E-state index contributed by atoms with van der Waals surface area (Å²) in [6.45, 7) is 0. The van der Waals surface area contributed by atoms with Gasteiger partial charge >= 0.3 is 22.9 Å². The fourth-order valence-electron chi connectivity index (χ4n) is 0.134. The van der Waals surface area contributed by atoms with Gasteiger partial charge in [-0.15, -0.1) is 0 Å². The Balaban J connectivity index is 2.99. The minimum Gasteiger partial charge on any atom is -0.441 e. The van der Waals surface area contributed by atoms with E-state index in [2.05, 4.69) is 0 Å². The van der Waals surface area contributed by atoms with Gasteiger partial charge in [-0.2, -0.15) is 0 Å². The molecule has 0 aliphatic heterocycles. The van der Waals surface area contributed by atoms with Crippen LogP contribution in [0.25, 0.3) is 0 Å². The van der Waals surface area contributed by atoms with Crippen LogP contribution in [-0.4, -0.2) is 42.6 Å². The molecule has 0 heterocycles. The van der Waals surface area contributed by atoms with E-state index in [-0.39, 0.29) is 22.9 Å². The molecule has 38 valence electrons. The molecule has 0 aromatic carbocycles. The zero-order chi connectivity index (χ0) is 5.70. The highest BCUT2D eigenvalue weighted by molar-refractivity contribution is 6.57. The maximum Gasteiger partial charge on any atom is 0.341 e. The smallest absolute Gasteiger partial charge is 0.341 e. The lowest BCUT2D eigenvalue weighted by Crippen LogP contribution is -2.35. The molecule has 0 aromatic rings. The van der Waals surface area contributed by atoms with E-state index >= 15 is 0 Å². The highest BCUT2D eigenvalue weighted by Gasteiger charge is 2.02. The Bertz CT molecular complexity index is 31.7. The summed E-state index contributed by atoms with van der Waals surface area (Å²) < 4.78 is 1.04. The van der Waals surface area contributed by atoms with Crippen LogP contribution < -0.4 is 0 Å². The minimum atomic E-state index is -0.312. The first-order valence-electron chi connectivity index (χ1n) is 1.90. The summed E-state index contributed by atoms with van der Waals surface area (Å²) in [7, 11) is -0.938. The van der Waals surface area contributed by atoms with Gasteiger partial charge in [0.15, 0.2) is 0 Å². The van der Waals surface area contributed by atoms with Crippen LogP contribution in [0, 0.1) is 0 Å². The van der Waals surface area contributed by atoms with E-state index in [0.29, 0.717) is 0 Å². The van der Waals surface area contributed by atoms with Crippen LogP contribution in [0.4, 0.5) is 0 Å². The highest BCUT2D eigenvalue weighted by Crippen LogP contribution is 1.66. The lowest BCUT2D eigenvalue weighted by atomic mass is 9.92. The van der Waals surface area contributed by atoms with Crippen LogP contribution in [0.2, 0.25) is 0 Å². The molecule has 0 amide bonds. The third-order valence-corrected chi connectivity index (χ3v) is 0.600. The van der Waals surface area contributed by atoms with Crippen molar-refractivity contribution >= 4 is 22.9 Å². The molecule has 0 spiro atoms. The largest absolute Gasteiger partial charge is 0.441 e. The van der Waals surface area contributed by atoms with Gasteiger partial charge < -0.3 is 19.7 Å². The van der Waals surface area contributed by atoms with E-state index in [4.69, 9.17) is 15.1 Å². The molecule has 0 aliphatic carbocycles. The number of hydrogen-bond acceptors (Lipinski definition) is 4. The van der Waals surface area contributed by atoms with Crippen LogP contribution >= 0.6 is 0 Å². The van der Waals surface area contributed by atoms with Crippen LogP contribution in [0.15, 0.2) is 0 Å². The topological polar surface area (TPSA) is 63.9 Å². The summed E-state index contributed by atoms with van der Waals surface area (Å²) >= 11 is 0. The normalized spacial score (nSPS) is 8.57. The first-order valence-corrected chi connectivity index (χ1v) is 1.90. The van der Waals surface area contributed by atoms with Gasteiger partial charge in [0.1, 0.15) is 0 Å². The Kier molecular flexibility index (Phi) is 4.22. The molecule has 3 N–H and O–H groups in total. The third-order valence-electron chi connectivity index (χ3n) is 0.600. The Labute approximate surface area is 43.7 Å². The van der Waals surface area contributed by atoms with E-state index in [1.165, 1.54) is 0 Å². The maximum absolute atomic E-state index is 8.13.